The topological polar surface area (TPSA) is 64.4 Å². The van der Waals surface area contributed by atoms with Crippen molar-refractivity contribution in [3.8, 4) is 17.2 Å². The van der Waals surface area contributed by atoms with Gasteiger partial charge in [0.2, 0.25) is 5.89 Å². The number of rotatable bonds is 6. The van der Waals surface area contributed by atoms with Gasteiger partial charge in [-0.25, -0.2) is 4.98 Å². The van der Waals surface area contributed by atoms with Crippen LogP contribution in [-0.4, -0.2) is 17.5 Å². The maximum absolute atomic E-state index is 12.2. The van der Waals surface area contributed by atoms with Gasteiger partial charge in [0.05, 0.1) is 0 Å². The van der Waals surface area contributed by atoms with E-state index in [4.69, 9.17) is 20.8 Å². The molecule has 1 aromatic heterocycles. The van der Waals surface area contributed by atoms with Gasteiger partial charge in [-0.2, -0.15) is 0 Å². The Labute approximate surface area is 186 Å². The molecule has 0 saturated heterocycles. The standard InChI is InChI=1S/C25H23ClN2O3/c1-15(2)18-6-11-23-22(13-18)28-25(31-23)17-4-7-19(8-5-17)27-24(29)14-30-20-9-10-21(26)16(3)12-20/h4-13,15H,14H2,1-3H3,(H,27,29). The lowest BCUT2D eigenvalue weighted by atomic mass is 10.0. The highest BCUT2D eigenvalue weighted by Gasteiger charge is 2.11. The first-order valence-electron chi connectivity index (χ1n) is 10.1. The molecule has 6 heteroatoms. The largest absolute Gasteiger partial charge is 0.484 e. The smallest absolute Gasteiger partial charge is 0.262 e. The molecule has 0 fully saturated rings. The van der Waals surface area contributed by atoms with Crippen molar-refractivity contribution < 1.29 is 13.9 Å². The monoisotopic (exact) mass is 434 g/mol. The van der Waals surface area contributed by atoms with Crippen LogP contribution in [0, 0.1) is 6.92 Å². The highest BCUT2D eigenvalue weighted by atomic mass is 35.5. The first-order chi connectivity index (χ1) is 14.9. The van der Waals surface area contributed by atoms with Crippen LogP contribution in [0.5, 0.6) is 5.75 Å². The molecule has 0 bridgehead atoms. The zero-order valence-electron chi connectivity index (χ0n) is 17.6. The van der Waals surface area contributed by atoms with Gasteiger partial charge >= 0.3 is 0 Å². The Morgan fingerprint density at radius 2 is 1.87 bits per heavy atom. The van der Waals surface area contributed by atoms with Gasteiger partial charge in [0.25, 0.3) is 5.91 Å². The zero-order valence-corrected chi connectivity index (χ0v) is 18.4. The molecule has 3 aromatic carbocycles. The van der Waals surface area contributed by atoms with E-state index >= 15 is 0 Å². The minimum atomic E-state index is -0.247. The van der Waals surface area contributed by atoms with Crippen molar-refractivity contribution in [3.63, 3.8) is 0 Å². The molecule has 0 radical (unpaired) electrons. The number of nitrogens with zero attached hydrogens (tertiary/aromatic N) is 1. The third-order valence-electron chi connectivity index (χ3n) is 4.99. The lowest BCUT2D eigenvalue weighted by Gasteiger charge is -2.09. The van der Waals surface area contributed by atoms with Crippen LogP contribution in [0.1, 0.15) is 30.9 Å². The van der Waals surface area contributed by atoms with Gasteiger partial charge < -0.3 is 14.5 Å². The second kappa shape index (κ2) is 8.82. The molecule has 1 heterocycles. The molecule has 0 unspecified atom stereocenters. The number of aryl methyl sites for hydroxylation is 1. The number of hydrogen-bond acceptors (Lipinski definition) is 4. The van der Waals surface area contributed by atoms with Gasteiger partial charge in [0.15, 0.2) is 12.2 Å². The first-order valence-corrected chi connectivity index (χ1v) is 10.5. The van der Waals surface area contributed by atoms with E-state index in [0.29, 0.717) is 28.3 Å². The Hall–Kier alpha value is -3.31. The van der Waals surface area contributed by atoms with Crippen molar-refractivity contribution >= 4 is 34.3 Å². The normalized spacial score (nSPS) is 11.1. The third kappa shape index (κ3) is 4.89. The van der Waals surface area contributed by atoms with E-state index in [2.05, 4.69) is 36.3 Å². The van der Waals surface area contributed by atoms with Crippen molar-refractivity contribution in [1.29, 1.82) is 0 Å². The lowest BCUT2D eigenvalue weighted by Crippen LogP contribution is -2.20. The Morgan fingerprint density at radius 1 is 1.10 bits per heavy atom. The summed E-state index contributed by atoms with van der Waals surface area (Å²) in [6, 6.07) is 18.7. The van der Waals surface area contributed by atoms with Crippen LogP contribution in [0.3, 0.4) is 0 Å². The molecule has 4 aromatic rings. The minimum Gasteiger partial charge on any atom is -0.484 e. The summed E-state index contributed by atoms with van der Waals surface area (Å²) in [5.74, 6) is 1.34. The number of aromatic nitrogens is 1. The summed E-state index contributed by atoms with van der Waals surface area (Å²) < 4.78 is 11.4. The third-order valence-corrected chi connectivity index (χ3v) is 5.42. The van der Waals surface area contributed by atoms with Gasteiger partial charge in [-0.1, -0.05) is 31.5 Å². The average molecular weight is 435 g/mol. The molecule has 5 nitrogen and oxygen atoms in total. The van der Waals surface area contributed by atoms with E-state index in [-0.39, 0.29) is 12.5 Å². The van der Waals surface area contributed by atoms with Crippen LogP contribution in [0.2, 0.25) is 5.02 Å². The quantitative estimate of drug-likeness (QED) is 0.371. The van der Waals surface area contributed by atoms with Crippen molar-refractivity contribution in [3.05, 3.63) is 76.8 Å². The summed E-state index contributed by atoms with van der Waals surface area (Å²) in [5.41, 5.74) is 5.23. The van der Waals surface area contributed by atoms with Gasteiger partial charge in [-0.05, 0) is 78.6 Å². The number of amides is 1. The van der Waals surface area contributed by atoms with Gasteiger partial charge in [0, 0.05) is 16.3 Å². The average Bonchev–Trinajstić information content (AvgIpc) is 3.18. The summed E-state index contributed by atoms with van der Waals surface area (Å²) in [5, 5.41) is 3.49. The number of fused-ring (bicyclic) bond motifs is 1. The molecule has 0 spiro atoms. The van der Waals surface area contributed by atoms with Gasteiger partial charge in [-0.3, -0.25) is 4.79 Å². The van der Waals surface area contributed by atoms with Crippen LogP contribution in [0.25, 0.3) is 22.6 Å². The van der Waals surface area contributed by atoms with E-state index in [1.54, 1.807) is 18.2 Å². The number of carbonyl (C=O) groups is 1. The van der Waals surface area contributed by atoms with Crippen molar-refractivity contribution in [2.45, 2.75) is 26.7 Å². The summed E-state index contributed by atoms with van der Waals surface area (Å²) in [7, 11) is 0. The summed E-state index contributed by atoms with van der Waals surface area (Å²) in [4.78, 5) is 16.8. The van der Waals surface area contributed by atoms with E-state index < -0.39 is 0 Å². The zero-order chi connectivity index (χ0) is 22.0. The maximum atomic E-state index is 12.2. The summed E-state index contributed by atoms with van der Waals surface area (Å²) >= 11 is 6.00. The summed E-state index contributed by atoms with van der Waals surface area (Å²) in [6.07, 6.45) is 0. The molecule has 1 amide bonds. The lowest BCUT2D eigenvalue weighted by molar-refractivity contribution is -0.118. The number of halogens is 1. The number of anilines is 1. The molecule has 31 heavy (non-hydrogen) atoms. The molecule has 158 valence electrons. The van der Waals surface area contributed by atoms with Crippen LogP contribution in [0.15, 0.2) is 65.1 Å². The predicted molar refractivity (Wildman–Crippen MR) is 124 cm³/mol. The number of carbonyl (C=O) groups excluding carboxylic acids is 1. The highest BCUT2D eigenvalue weighted by Crippen LogP contribution is 2.28. The molecule has 0 aliphatic heterocycles. The number of nitrogens with one attached hydrogen (secondary N) is 1. The number of oxazole rings is 1. The SMILES string of the molecule is Cc1cc(OCC(=O)Nc2ccc(-c3nc4cc(C(C)C)ccc4o3)cc2)ccc1Cl. The predicted octanol–water partition coefficient (Wildman–Crippen LogP) is 6.60. The Balaban J connectivity index is 1.40. The van der Waals surface area contributed by atoms with E-state index in [9.17, 15) is 4.79 Å². The summed E-state index contributed by atoms with van der Waals surface area (Å²) in [6.45, 7) is 6.09. The molecule has 0 aliphatic rings. The molecule has 0 aliphatic carbocycles. The van der Waals surface area contributed by atoms with Crippen molar-refractivity contribution in [2.24, 2.45) is 0 Å². The van der Waals surface area contributed by atoms with E-state index in [1.807, 2.05) is 37.3 Å². The molecule has 4 rings (SSSR count). The molecule has 0 saturated carbocycles. The van der Waals surface area contributed by atoms with Gasteiger partial charge in [-0.15, -0.1) is 0 Å². The van der Waals surface area contributed by atoms with Crippen LogP contribution < -0.4 is 10.1 Å². The number of ether oxygens (including phenoxy) is 1. The van der Waals surface area contributed by atoms with E-state index in [0.717, 1.165) is 22.2 Å². The number of benzene rings is 3. The minimum absolute atomic E-state index is 0.0911. The van der Waals surface area contributed by atoms with Crippen LogP contribution >= 0.6 is 11.6 Å². The Kier molecular flexibility index (Phi) is 5.96. The highest BCUT2D eigenvalue weighted by molar-refractivity contribution is 6.31. The molecular weight excluding hydrogens is 412 g/mol. The Bertz CT molecular complexity index is 1230. The Morgan fingerprint density at radius 3 is 2.58 bits per heavy atom. The molecule has 1 N–H and O–H groups in total. The van der Waals surface area contributed by atoms with E-state index in [1.165, 1.54) is 5.56 Å². The van der Waals surface area contributed by atoms with Crippen molar-refractivity contribution in [2.75, 3.05) is 11.9 Å². The fraction of sp³-hybridized carbons (Fsp3) is 0.200. The van der Waals surface area contributed by atoms with Crippen molar-refractivity contribution in [1.82, 2.24) is 4.98 Å². The fourth-order valence-electron chi connectivity index (χ4n) is 3.18. The first kappa shape index (κ1) is 20.9. The second-order valence-corrected chi connectivity index (χ2v) is 8.13. The molecule has 0 atom stereocenters. The van der Waals surface area contributed by atoms with Crippen LogP contribution in [0.4, 0.5) is 5.69 Å². The van der Waals surface area contributed by atoms with Crippen LogP contribution in [-0.2, 0) is 4.79 Å². The maximum Gasteiger partial charge on any atom is 0.262 e. The van der Waals surface area contributed by atoms with Gasteiger partial charge in [0.1, 0.15) is 11.3 Å². The second-order valence-electron chi connectivity index (χ2n) is 7.73. The molecular formula is C25H23ClN2O3. The number of hydrogen-bond donors (Lipinski definition) is 1. The fourth-order valence-corrected chi connectivity index (χ4v) is 3.29.